The van der Waals surface area contributed by atoms with Crippen molar-refractivity contribution in [3.8, 4) is 0 Å². The van der Waals surface area contributed by atoms with Crippen molar-refractivity contribution in [2.75, 3.05) is 40.9 Å². The second-order valence-corrected chi connectivity index (χ2v) is 19.6. The quantitative estimate of drug-likeness (QED) is 0.0273. The Morgan fingerprint density at radius 1 is 0.554 bits per heavy atom. The van der Waals surface area contributed by atoms with Crippen molar-refractivity contribution in [1.82, 2.24) is 5.32 Å². The van der Waals surface area contributed by atoms with E-state index in [1.54, 1.807) is 0 Å². The fourth-order valence-electron chi connectivity index (χ4n) is 6.74. The van der Waals surface area contributed by atoms with Crippen LogP contribution < -0.4 is 10.2 Å². The fourth-order valence-corrected chi connectivity index (χ4v) is 7.46. The van der Waals surface area contributed by atoms with Crippen LogP contribution in [0.25, 0.3) is 0 Å². The Kier molecular flexibility index (Phi) is 44.3. The van der Waals surface area contributed by atoms with Crippen LogP contribution >= 0.6 is 7.82 Å². The van der Waals surface area contributed by atoms with E-state index in [0.29, 0.717) is 23.9 Å². The predicted octanol–water partition coefficient (Wildman–Crippen LogP) is 14.6. The average Bonchev–Trinajstić information content (AvgIpc) is 3.26. The number of hydrogen-bond donors (Lipinski definition) is 2. The number of allylic oxidation sites excluding steroid dienone is 18. The van der Waals surface area contributed by atoms with Gasteiger partial charge in [0.2, 0.25) is 5.91 Å². The summed E-state index contributed by atoms with van der Waals surface area (Å²) in [5, 5.41) is 13.8. The molecule has 0 saturated carbocycles. The minimum Gasteiger partial charge on any atom is -0.756 e. The number of carbonyl (C=O) groups excluding carboxylic acids is 1. The number of nitrogens with one attached hydrogen (secondary N) is 1. The molecule has 0 rings (SSSR count). The molecule has 1 amide bonds. The molecular weight excluding hydrogens is 828 g/mol. The zero-order chi connectivity index (χ0) is 47.8. The molecular formula is C56H97N2O6P. The van der Waals surface area contributed by atoms with E-state index in [1.165, 1.54) is 51.4 Å². The Labute approximate surface area is 400 Å². The van der Waals surface area contributed by atoms with Crippen LogP contribution in [0.3, 0.4) is 0 Å². The number of phosphoric ester groups is 1. The van der Waals surface area contributed by atoms with E-state index in [4.69, 9.17) is 9.05 Å². The van der Waals surface area contributed by atoms with E-state index in [0.717, 1.165) is 109 Å². The number of aliphatic hydroxyl groups is 1. The number of aliphatic hydroxyl groups excluding tert-OH is 1. The number of carbonyl (C=O) groups is 1. The SMILES string of the molecule is CC/C=C\C/C=C\C/C=C\C/C=C\C/C=C\C/C=C\C/C=C\C/C=C\C/C=C\CCCCCCCCCC(=O)NC(COP(=O)([O-])OCC[N+](C)(C)C)C(O)CCCCCCCCCC. The van der Waals surface area contributed by atoms with Gasteiger partial charge in [-0.25, -0.2) is 0 Å². The first-order chi connectivity index (χ1) is 31.5. The van der Waals surface area contributed by atoms with Crippen molar-refractivity contribution in [3.05, 3.63) is 109 Å². The molecule has 0 aliphatic rings. The number of phosphoric acid groups is 1. The topological polar surface area (TPSA) is 108 Å². The van der Waals surface area contributed by atoms with Crippen LogP contribution in [0.2, 0.25) is 0 Å². The van der Waals surface area contributed by atoms with Gasteiger partial charge in [-0.1, -0.05) is 207 Å². The summed E-state index contributed by atoms with van der Waals surface area (Å²) in [6, 6.07) is -0.811. The summed E-state index contributed by atoms with van der Waals surface area (Å²) in [7, 11) is 1.28. The summed E-state index contributed by atoms with van der Waals surface area (Å²) >= 11 is 0. The first kappa shape index (κ1) is 62.2. The van der Waals surface area contributed by atoms with Gasteiger partial charge in [0.05, 0.1) is 39.9 Å². The molecule has 65 heavy (non-hydrogen) atoms. The van der Waals surface area contributed by atoms with Crippen molar-refractivity contribution >= 4 is 13.7 Å². The molecule has 0 aliphatic heterocycles. The van der Waals surface area contributed by atoms with E-state index >= 15 is 0 Å². The summed E-state index contributed by atoms with van der Waals surface area (Å²) in [6.07, 6.45) is 67.0. The lowest BCUT2D eigenvalue weighted by atomic mass is 10.0. The minimum absolute atomic E-state index is 0.00374. The number of unbranched alkanes of at least 4 members (excludes halogenated alkanes) is 14. The van der Waals surface area contributed by atoms with Crippen LogP contribution in [-0.2, 0) is 18.4 Å². The van der Waals surface area contributed by atoms with E-state index < -0.39 is 20.0 Å². The highest BCUT2D eigenvalue weighted by molar-refractivity contribution is 7.45. The molecule has 0 bridgehead atoms. The minimum atomic E-state index is -4.57. The monoisotopic (exact) mass is 925 g/mol. The molecule has 8 nitrogen and oxygen atoms in total. The number of rotatable bonds is 45. The van der Waals surface area contributed by atoms with Gasteiger partial charge in [0, 0.05) is 6.42 Å². The molecule has 0 radical (unpaired) electrons. The third kappa shape index (κ3) is 48.9. The molecule has 0 aromatic carbocycles. The van der Waals surface area contributed by atoms with Gasteiger partial charge in [0.15, 0.2) is 0 Å². The normalized spacial score (nSPS) is 15.0. The first-order valence-electron chi connectivity index (χ1n) is 25.7. The second-order valence-electron chi connectivity index (χ2n) is 18.1. The van der Waals surface area contributed by atoms with E-state index in [2.05, 4.69) is 129 Å². The van der Waals surface area contributed by atoms with Gasteiger partial charge in [0.25, 0.3) is 7.82 Å². The highest BCUT2D eigenvalue weighted by atomic mass is 31.2. The highest BCUT2D eigenvalue weighted by Crippen LogP contribution is 2.38. The lowest BCUT2D eigenvalue weighted by Crippen LogP contribution is -2.46. The van der Waals surface area contributed by atoms with Gasteiger partial charge in [0.1, 0.15) is 13.2 Å². The standard InChI is InChI=1S/C56H97N2O6P/c1-6-8-10-12-14-16-17-18-19-20-21-22-23-24-25-26-27-28-29-30-31-32-33-34-35-36-37-38-39-40-41-42-44-46-48-50-56(60)57-54(53-64-65(61,62)63-52-51-58(3,4)5)55(59)49-47-45-43-15-13-11-9-7-2/h8,10,14,16,18-19,21-22,24-25,27-28,30-31,33-34,36-37,54-55,59H,6-7,9,11-13,15,17,20,23,26,29,32,35,38-53H2,1-5H3,(H-,57,60,61,62)/b10-8-,16-14-,19-18-,22-21-,25-24-,28-27-,31-30-,34-33-,37-36-. The average molecular weight is 925 g/mol. The number of likely N-dealkylation sites (N-methyl/N-ethyl adjacent to an activating group) is 1. The van der Waals surface area contributed by atoms with Crippen LogP contribution in [0.5, 0.6) is 0 Å². The van der Waals surface area contributed by atoms with Gasteiger partial charge in [-0.2, -0.15) is 0 Å². The molecule has 0 heterocycles. The number of amides is 1. The molecule has 0 aliphatic carbocycles. The lowest BCUT2D eigenvalue weighted by Gasteiger charge is -2.30. The number of quaternary nitrogens is 1. The van der Waals surface area contributed by atoms with Gasteiger partial charge in [-0.05, 0) is 83.5 Å². The third-order valence-electron chi connectivity index (χ3n) is 10.8. The summed E-state index contributed by atoms with van der Waals surface area (Å²) in [4.78, 5) is 25.3. The summed E-state index contributed by atoms with van der Waals surface area (Å²) in [6.45, 7) is 4.53. The fraction of sp³-hybridized carbons (Fsp3) is 0.661. The van der Waals surface area contributed by atoms with Gasteiger partial charge < -0.3 is 28.8 Å². The summed E-state index contributed by atoms with van der Waals surface area (Å²) in [5.41, 5.74) is 0. The van der Waals surface area contributed by atoms with Crippen molar-refractivity contribution in [3.63, 3.8) is 0 Å². The molecule has 2 N–H and O–H groups in total. The van der Waals surface area contributed by atoms with E-state index in [-0.39, 0.29) is 19.1 Å². The van der Waals surface area contributed by atoms with Crippen LogP contribution in [-0.4, -0.2) is 68.5 Å². The van der Waals surface area contributed by atoms with Crippen LogP contribution in [0, 0.1) is 0 Å². The van der Waals surface area contributed by atoms with Gasteiger partial charge in [-0.3, -0.25) is 9.36 Å². The lowest BCUT2D eigenvalue weighted by molar-refractivity contribution is -0.870. The van der Waals surface area contributed by atoms with Crippen LogP contribution in [0.15, 0.2) is 109 Å². The molecule has 0 aromatic heterocycles. The molecule has 0 saturated heterocycles. The maximum atomic E-state index is 12.9. The van der Waals surface area contributed by atoms with Crippen LogP contribution in [0.4, 0.5) is 0 Å². The second kappa shape index (κ2) is 46.3. The Balaban J connectivity index is 4.09. The number of nitrogens with zero attached hydrogens (tertiary/aromatic N) is 1. The Morgan fingerprint density at radius 3 is 1.37 bits per heavy atom. The zero-order valence-electron chi connectivity index (χ0n) is 42.1. The van der Waals surface area contributed by atoms with Crippen molar-refractivity contribution in [2.45, 2.75) is 199 Å². The van der Waals surface area contributed by atoms with Crippen molar-refractivity contribution in [2.24, 2.45) is 0 Å². The van der Waals surface area contributed by atoms with E-state index in [1.807, 2.05) is 21.1 Å². The molecule has 0 spiro atoms. The molecule has 0 fully saturated rings. The van der Waals surface area contributed by atoms with Gasteiger partial charge >= 0.3 is 0 Å². The molecule has 9 heteroatoms. The van der Waals surface area contributed by atoms with Gasteiger partial charge in [-0.15, -0.1) is 0 Å². The van der Waals surface area contributed by atoms with Crippen LogP contribution in [0.1, 0.15) is 187 Å². The first-order valence-corrected chi connectivity index (χ1v) is 27.2. The zero-order valence-corrected chi connectivity index (χ0v) is 43.0. The molecule has 0 aromatic rings. The molecule has 3 atom stereocenters. The maximum absolute atomic E-state index is 12.9. The Morgan fingerprint density at radius 2 is 0.938 bits per heavy atom. The Hall–Kier alpha value is -2.84. The maximum Gasteiger partial charge on any atom is 0.268 e. The van der Waals surface area contributed by atoms with E-state index in [9.17, 15) is 19.4 Å². The molecule has 372 valence electrons. The largest absolute Gasteiger partial charge is 0.756 e. The highest BCUT2D eigenvalue weighted by Gasteiger charge is 2.24. The molecule has 3 unspecified atom stereocenters. The van der Waals surface area contributed by atoms with Crippen molar-refractivity contribution < 1.29 is 32.9 Å². The summed E-state index contributed by atoms with van der Waals surface area (Å²) < 4.78 is 23.2. The number of hydrogen-bond acceptors (Lipinski definition) is 6. The Bertz CT molecular complexity index is 1420. The summed E-state index contributed by atoms with van der Waals surface area (Å²) in [5.74, 6) is -0.185. The van der Waals surface area contributed by atoms with Crippen molar-refractivity contribution in [1.29, 1.82) is 0 Å². The third-order valence-corrected chi connectivity index (χ3v) is 11.7. The smallest absolute Gasteiger partial charge is 0.268 e. The predicted molar refractivity (Wildman–Crippen MR) is 279 cm³/mol.